The van der Waals surface area contributed by atoms with Crippen LogP contribution in [0.25, 0.3) is 0 Å². The van der Waals surface area contributed by atoms with Crippen molar-refractivity contribution in [2.24, 2.45) is 17.8 Å². The Bertz CT molecular complexity index is 157. The van der Waals surface area contributed by atoms with Crippen molar-refractivity contribution in [1.29, 1.82) is 0 Å². The van der Waals surface area contributed by atoms with Gasteiger partial charge in [-0.15, -0.1) is 0 Å². The molecule has 0 aliphatic heterocycles. The van der Waals surface area contributed by atoms with Gasteiger partial charge in [-0.25, -0.2) is 0 Å². The Morgan fingerprint density at radius 2 is 1.71 bits per heavy atom. The Kier molecular flexibility index (Phi) is 4.43. The van der Waals surface area contributed by atoms with E-state index < -0.39 is 0 Å². The van der Waals surface area contributed by atoms with Crippen molar-refractivity contribution in [1.82, 2.24) is 5.32 Å². The van der Waals surface area contributed by atoms with Crippen molar-refractivity contribution in [3.63, 3.8) is 0 Å². The van der Waals surface area contributed by atoms with Gasteiger partial charge in [-0.3, -0.25) is 0 Å². The molecule has 1 aliphatic rings. The quantitative estimate of drug-likeness (QED) is 0.712. The van der Waals surface area contributed by atoms with E-state index in [1.165, 1.54) is 19.3 Å². The minimum atomic E-state index is 0.730. The average molecular weight is 197 g/mol. The molecule has 0 heterocycles. The minimum Gasteiger partial charge on any atom is -0.311 e. The van der Waals surface area contributed by atoms with Gasteiger partial charge in [0.1, 0.15) is 0 Å². The van der Waals surface area contributed by atoms with Crippen molar-refractivity contribution < 1.29 is 0 Å². The lowest BCUT2D eigenvalue weighted by molar-refractivity contribution is 0.147. The van der Waals surface area contributed by atoms with Crippen LogP contribution in [0.3, 0.4) is 0 Å². The number of hydrogen-bond donors (Lipinski definition) is 1. The highest BCUT2D eigenvalue weighted by atomic mass is 15.0. The van der Waals surface area contributed by atoms with Crippen molar-refractivity contribution in [3.05, 3.63) is 0 Å². The molecule has 1 N–H and O–H groups in total. The maximum atomic E-state index is 3.79. The first-order chi connectivity index (χ1) is 6.54. The van der Waals surface area contributed by atoms with E-state index in [9.17, 15) is 0 Å². The normalized spacial score (nSPS) is 29.4. The maximum Gasteiger partial charge on any atom is 0.00900 e. The Hall–Kier alpha value is -0.0400. The van der Waals surface area contributed by atoms with Gasteiger partial charge in [0.05, 0.1) is 0 Å². The van der Waals surface area contributed by atoms with E-state index in [1.807, 2.05) is 0 Å². The molecular weight excluding hydrogens is 170 g/mol. The van der Waals surface area contributed by atoms with Gasteiger partial charge in [-0.1, -0.05) is 34.6 Å². The molecule has 84 valence electrons. The molecule has 1 nitrogen and oxygen atoms in total. The summed E-state index contributed by atoms with van der Waals surface area (Å²) in [5.74, 6) is 2.64. The molecule has 1 fully saturated rings. The van der Waals surface area contributed by atoms with Crippen LogP contribution >= 0.6 is 0 Å². The van der Waals surface area contributed by atoms with E-state index in [0.717, 1.165) is 29.8 Å². The van der Waals surface area contributed by atoms with E-state index in [4.69, 9.17) is 0 Å². The van der Waals surface area contributed by atoms with Crippen LogP contribution in [0.4, 0.5) is 0 Å². The summed E-state index contributed by atoms with van der Waals surface area (Å²) in [7, 11) is 0. The third-order valence-corrected chi connectivity index (χ3v) is 3.81. The molecule has 0 aromatic carbocycles. The zero-order valence-electron chi connectivity index (χ0n) is 10.5. The summed E-state index contributed by atoms with van der Waals surface area (Å²) in [5.41, 5.74) is 0. The van der Waals surface area contributed by atoms with Gasteiger partial charge in [0.15, 0.2) is 0 Å². The van der Waals surface area contributed by atoms with Gasteiger partial charge >= 0.3 is 0 Å². The van der Waals surface area contributed by atoms with E-state index >= 15 is 0 Å². The largest absolute Gasteiger partial charge is 0.311 e. The Labute approximate surface area is 89.7 Å². The Morgan fingerprint density at radius 1 is 1.14 bits per heavy atom. The summed E-state index contributed by atoms with van der Waals surface area (Å²) in [6.45, 7) is 11.6. The Morgan fingerprint density at radius 3 is 2.07 bits per heavy atom. The molecule has 0 aromatic heterocycles. The van der Waals surface area contributed by atoms with Crippen LogP contribution in [-0.2, 0) is 0 Å². The zero-order chi connectivity index (χ0) is 10.7. The Balaban J connectivity index is 2.21. The van der Waals surface area contributed by atoms with Crippen molar-refractivity contribution >= 4 is 0 Å². The fraction of sp³-hybridized carbons (Fsp3) is 1.00. The van der Waals surface area contributed by atoms with Crippen LogP contribution in [0.2, 0.25) is 0 Å². The predicted molar refractivity (Wildman–Crippen MR) is 63.4 cm³/mol. The smallest absolute Gasteiger partial charge is 0.00900 e. The molecule has 0 amide bonds. The highest BCUT2D eigenvalue weighted by molar-refractivity contribution is 4.89. The van der Waals surface area contributed by atoms with Crippen LogP contribution in [0, 0.1) is 17.8 Å². The molecule has 0 aromatic rings. The molecule has 0 radical (unpaired) electrons. The van der Waals surface area contributed by atoms with Crippen molar-refractivity contribution in [2.75, 3.05) is 0 Å². The van der Waals surface area contributed by atoms with Gasteiger partial charge in [0, 0.05) is 12.1 Å². The second kappa shape index (κ2) is 5.16. The number of rotatable bonds is 5. The first-order valence-electron chi connectivity index (χ1n) is 6.30. The SMILES string of the molecule is CCC(NC1CC(C(C)C)C1)C(C)C. The van der Waals surface area contributed by atoms with Crippen LogP contribution in [0.5, 0.6) is 0 Å². The van der Waals surface area contributed by atoms with E-state index in [2.05, 4.69) is 39.9 Å². The lowest BCUT2D eigenvalue weighted by atomic mass is 9.73. The monoisotopic (exact) mass is 197 g/mol. The topological polar surface area (TPSA) is 12.0 Å². The molecule has 1 atom stereocenters. The lowest BCUT2D eigenvalue weighted by Crippen LogP contribution is -2.49. The van der Waals surface area contributed by atoms with E-state index in [1.54, 1.807) is 0 Å². The molecule has 1 rings (SSSR count). The van der Waals surface area contributed by atoms with Crippen LogP contribution in [-0.4, -0.2) is 12.1 Å². The number of hydrogen-bond acceptors (Lipinski definition) is 1. The molecule has 1 heteroatoms. The number of nitrogens with one attached hydrogen (secondary N) is 1. The molecule has 14 heavy (non-hydrogen) atoms. The summed E-state index contributed by atoms with van der Waals surface area (Å²) in [6.07, 6.45) is 4.07. The first kappa shape index (κ1) is 12.0. The van der Waals surface area contributed by atoms with E-state index in [-0.39, 0.29) is 0 Å². The fourth-order valence-corrected chi connectivity index (χ4v) is 2.43. The van der Waals surface area contributed by atoms with Gasteiger partial charge in [-0.05, 0) is 37.0 Å². The summed E-state index contributed by atoms with van der Waals surface area (Å²) in [6, 6.07) is 1.54. The standard InChI is InChI=1S/C13H27N/c1-6-13(10(4)5)14-12-7-11(8-12)9(2)3/h9-14H,6-8H2,1-5H3. The van der Waals surface area contributed by atoms with Crippen molar-refractivity contribution in [2.45, 2.75) is 66.0 Å². The van der Waals surface area contributed by atoms with Crippen molar-refractivity contribution in [3.8, 4) is 0 Å². The fourth-order valence-electron chi connectivity index (χ4n) is 2.43. The summed E-state index contributed by atoms with van der Waals surface area (Å²) in [4.78, 5) is 0. The highest BCUT2D eigenvalue weighted by Gasteiger charge is 2.32. The molecule has 1 saturated carbocycles. The summed E-state index contributed by atoms with van der Waals surface area (Å²) < 4.78 is 0. The van der Waals surface area contributed by atoms with Crippen LogP contribution in [0.1, 0.15) is 53.9 Å². The van der Waals surface area contributed by atoms with Gasteiger partial charge in [0.2, 0.25) is 0 Å². The molecule has 1 aliphatic carbocycles. The van der Waals surface area contributed by atoms with Crippen LogP contribution < -0.4 is 5.32 Å². The van der Waals surface area contributed by atoms with Gasteiger partial charge in [0.25, 0.3) is 0 Å². The first-order valence-corrected chi connectivity index (χ1v) is 6.30. The van der Waals surface area contributed by atoms with Gasteiger partial charge < -0.3 is 5.32 Å². The summed E-state index contributed by atoms with van der Waals surface area (Å²) >= 11 is 0. The molecule has 0 bridgehead atoms. The van der Waals surface area contributed by atoms with E-state index in [0.29, 0.717) is 0 Å². The average Bonchev–Trinajstić information content (AvgIpc) is 2.00. The minimum absolute atomic E-state index is 0.730. The highest BCUT2D eigenvalue weighted by Crippen LogP contribution is 2.34. The third-order valence-electron chi connectivity index (χ3n) is 3.81. The third kappa shape index (κ3) is 2.98. The summed E-state index contributed by atoms with van der Waals surface area (Å²) in [5, 5.41) is 3.79. The molecular formula is C13H27N. The van der Waals surface area contributed by atoms with Crippen LogP contribution in [0.15, 0.2) is 0 Å². The predicted octanol–water partition coefficient (Wildman–Crippen LogP) is 3.45. The lowest BCUT2D eigenvalue weighted by Gasteiger charge is -2.41. The second-order valence-electron chi connectivity index (χ2n) is 5.60. The molecule has 1 unspecified atom stereocenters. The zero-order valence-corrected chi connectivity index (χ0v) is 10.5. The maximum absolute atomic E-state index is 3.79. The second-order valence-corrected chi connectivity index (χ2v) is 5.60. The van der Waals surface area contributed by atoms with Gasteiger partial charge in [-0.2, -0.15) is 0 Å². The molecule has 0 saturated heterocycles. The molecule has 0 spiro atoms.